The quantitative estimate of drug-likeness (QED) is 0.651. The maximum absolute atomic E-state index is 13.5. The van der Waals surface area contributed by atoms with Gasteiger partial charge in [-0.25, -0.2) is 14.4 Å². The molecule has 0 amide bonds. The van der Waals surface area contributed by atoms with E-state index in [0.717, 1.165) is 35.6 Å². The van der Waals surface area contributed by atoms with Crippen LogP contribution in [-0.4, -0.2) is 58.9 Å². The summed E-state index contributed by atoms with van der Waals surface area (Å²) in [6, 6.07) is 6.43. The first kappa shape index (κ1) is 22.4. The summed E-state index contributed by atoms with van der Waals surface area (Å²) in [5, 5.41) is 7.45. The minimum atomic E-state index is -0.268. The van der Waals surface area contributed by atoms with Gasteiger partial charge in [-0.1, -0.05) is 32.9 Å². The van der Waals surface area contributed by atoms with Gasteiger partial charge in [0.25, 0.3) is 0 Å². The summed E-state index contributed by atoms with van der Waals surface area (Å²) in [5.74, 6) is 0.354. The number of benzene rings is 1. The number of hydrogen-bond donors (Lipinski definition) is 1. The van der Waals surface area contributed by atoms with E-state index in [1.54, 1.807) is 18.3 Å². The van der Waals surface area contributed by atoms with Crippen LogP contribution in [0.1, 0.15) is 43.8 Å². The topological polar surface area (TPSA) is 70.2 Å². The van der Waals surface area contributed by atoms with E-state index in [1.165, 1.54) is 17.7 Å². The smallest absolute Gasteiger partial charge is 0.225 e. The fraction of sp³-hybridized carbons (Fsp3) is 0.458. The molecule has 7 nitrogen and oxygen atoms in total. The monoisotopic (exact) mass is 438 g/mol. The van der Waals surface area contributed by atoms with Crippen molar-refractivity contribution >= 4 is 5.95 Å². The minimum absolute atomic E-state index is 0.000537. The third-order valence-corrected chi connectivity index (χ3v) is 5.68. The van der Waals surface area contributed by atoms with Crippen LogP contribution in [0, 0.1) is 5.82 Å². The molecule has 1 saturated heterocycles. The van der Waals surface area contributed by atoms with E-state index in [1.807, 2.05) is 25.2 Å². The number of nitrogens with one attached hydrogen (secondary N) is 1. The lowest BCUT2D eigenvalue weighted by Gasteiger charge is -2.34. The highest BCUT2D eigenvalue weighted by molar-refractivity contribution is 5.66. The van der Waals surface area contributed by atoms with Crippen LogP contribution in [-0.2, 0) is 16.7 Å². The van der Waals surface area contributed by atoms with Gasteiger partial charge in [0.1, 0.15) is 11.9 Å². The van der Waals surface area contributed by atoms with Gasteiger partial charge in [0.15, 0.2) is 0 Å². The molecule has 3 aromatic rings. The highest BCUT2D eigenvalue weighted by Gasteiger charge is 2.28. The van der Waals surface area contributed by atoms with E-state index in [9.17, 15) is 4.39 Å². The Balaban J connectivity index is 1.63. The molecule has 0 radical (unpaired) electrons. The summed E-state index contributed by atoms with van der Waals surface area (Å²) >= 11 is 0. The van der Waals surface area contributed by atoms with Crippen LogP contribution < -0.4 is 4.90 Å². The third-order valence-electron chi connectivity index (χ3n) is 5.68. The zero-order chi connectivity index (χ0) is 22.9. The van der Waals surface area contributed by atoms with Crippen molar-refractivity contribution in [3.8, 4) is 11.1 Å². The molecule has 2 aromatic heterocycles. The molecule has 0 saturated carbocycles. The number of anilines is 1. The zero-order valence-corrected chi connectivity index (χ0v) is 19.4. The zero-order valence-electron chi connectivity index (χ0n) is 19.4. The first-order valence-electron chi connectivity index (χ1n) is 10.9. The Morgan fingerprint density at radius 3 is 2.62 bits per heavy atom. The largest absolute Gasteiger partial charge is 0.369 e. The van der Waals surface area contributed by atoms with Crippen LogP contribution in [0.5, 0.6) is 0 Å². The van der Waals surface area contributed by atoms with E-state index in [0.29, 0.717) is 19.1 Å². The molecule has 170 valence electrons. The van der Waals surface area contributed by atoms with Gasteiger partial charge in [0.05, 0.1) is 18.5 Å². The molecule has 1 fully saturated rings. The molecular formula is C24H31FN6O. The average Bonchev–Trinajstić information content (AvgIpc) is 3.23. The third kappa shape index (κ3) is 4.81. The van der Waals surface area contributed by atoms with Crippen LogP contribution in [0.2, 0.25) is 0 Å². The van der Waals surface area contributed by atoms with E-state index in [-0.39, 0.29) is 17.3 Å². The molecule has 3 heterocycles. The Labute approximate surface area is 188 Å². The second-order valence-corrected chi connectivity index (χ2v) is 9.49. The van der Waals surface area contributed by atoms with E-state index >= 15 is 0 Å². The lowest BCUT2D eigenvalue weighted by Crippen LogP contribution is -2.38. The van der Waals surface area contributed by atoms with Crippen LogP contribution in [0.15, 0.2) is 36.7 Å². The van der Waals surface area contributed by atoms with Gasteiger partial charge in [0, 0.05) is 62.2 Å². The van der Waals surface area contributed by atoms with Gasteiger partial charge in [-0.3, -0.25) is 10.00 Å². The molecule has 1 aromatic carbocycles. The summed E-state index contributed by atoms with van der Waals surface area (Å²) in [7, 11) is 3.83. The Morgan fingerprint density at radius 2 is 1.94 bits per heavy atom. The van der Waals surface area contributed by atoms with Crippen molar-refractivity contribution in [2.24, 2.45) is 0 Å². The second-order valence-electron chi connectivity index (χ2n) is 9.49. The van der Waals surface area contributed by atoms with Gasteiger partial charge in [-0.2, -0.15) is 5.10 Å². The molecular weight excluding hydrogens is 407 g/mol. The molecule has 0 unspecified atom stereocenters. The number of ether oxygens (including phenoxy) is 1. The lowest BCUT2D eigenvalue weighted by molar-refractivity contribution is -0.0348. The summed E-state index contributed by atoms with van der Waals surface area (Å²) in [6.45, 7) is 9.49. The molecule has 1 atom stereocenters. The Kier molecular flexibility index (Phi) is 6.26. The van der Waals surface area contributed by atoms with Crippen molar-refractivity contribution in [3.05, 3.63) is 59.4 Å². The number of aromatic amines is 1. The van der Waals surface area contributed by atoms with Crippen LogP contribution in [0.3, 0.4) is 0 Å². The fourth-order valence-corrected chi connectivity index (χ4v) is 4.03. The number of H-pyrrole nitrogens is 1. The molecule has 0 bridgehead atoms. The Bertz CT molecular complexity index is 1060. The van der Waals surface area contributed by atoms with Crippen LogP contribution >= 0.6 is 0 Å². The summed E-state index contributed by atoms with van der Waals surface area (Å²) < 4.78 is 19.7. The van der Waals surface area contributed by atoms with Gasteiger partial charge in [-0.05, 0) is 17.7 Å². The fourth-order valence-electron chi connectivity index (χ4n) is 4.03. The number of hydrogen-bond acceptors (Lipinski definition) is 6. The molecule has 32 heavy (non-hydrogen) atoms. The van der Waals surface area contributed by atoms with Gasteiger partial charge in [-0.15, -0.1) is 0 Å². The molecule has 4 rings (SSSR count). The van der Waals surface area contributed by atoms with Crippen molar-refractivity contribution in [1.82, 2.24) is 25.1 Å². The first-order chi connectivity index (χ1) is 15.2. The van der Waals surface area contributed by atoms with Gasteiger partial charge >= 0.3 is 0 Å². The SMILES string of the molecule is CN(C)c1ncc(-c2ccc(F)cc2)c([C@H]2CN(Cc3cn[nH]c3C(C)(C)C)CCO2)n1. The molecule has 1 aliphatic rings. The second kappa shape index (κ2) is 8.96. The van der Waals surface area contributed by atoms with Gasteiger partial charge in [0.2, 0.25) is 5.95 Å². The summed E-state index contributed by atoms with van der Waals surface area (Å²) in [5.41, 5.74) is 4.92. The van der Waals surface area contributed by atoms with Crippen molar-refractivity contribution in [2.75, 3.05) is 38.7 Å². The lowest BCUT2D eigenvalue weighted by atomic mass is 9.89. The van der Waals surface area contributed by atoms with Crippen LogP contribution in [0.4, 0.5) is 10.3 Å². The van der Waals surface area contributed by atoms with Crippen molar-refractivity contribution in [2.45, 2.75) is 38.8 Å². The van der Waals surface area contributed by atoms with Crippen LogP contribution in [0.25, 0.3) is 11.1 Å². The summed E-state index contributed by atoms with van der Waals surface area (Å²) in [6.07, 6.45) is 3.51. The molecule has 1 N–H and O–H groups in total. The number of morpholine rings is 1. The summed E-state index contributed by atoms with van der Waals surface area (Å²) in [4.78, 5) is 13.6. The number of rotatable bonds is 5. The highest BCUT2D eigenvalue weighted by Crippen LogP contribution is 2.32. The minimum Gasteiger partial charge on any atom is -0.369 e. The Hall–Kier alpha value is -2.84. The van der Waals surface area contributed by atoms with Crippen molar-refractivity contribution < 1.29 is 9.13 Å². The first-order valence-corrected chi connectivity index (χ1v) is 10.9. The predicted molar refractivity (Wildman–Crippen MR) is 123 cm³/mol. The molecule has 0 aliphatic carbocycles. The number of halogens is 1. The molecule has 0 spiro atoms. The maximum Gasteiger partial charge on any atom is 0.225 e. The van der Waals surface area contributed by atoms with Crippen molar-refractivity contribution in [1.29, 1.82) is 0 Å². The highest BCUT2D eigenvalue weighted by atomic mass is 19.1. The predicted octanol–water partition coefficient (Wildman–Crippen LogP) is 3.94. The van der Waals surface area contributed by atoms with E-state index < -0.39 is 0 Å². The average molecular weight is 439 g/mol. The van der Waals surface area contributed by atoms with Gasteiger partial charge < -0.3 is 9.64 Å². The molecule has 8 heteroatoms. The standard InChI is InChI=1S/C24H31FN6O/c1-24(2,3)22-17(12-27-29-22)14-31-10-11-32-20(15-31)21-19(13-26-23(28-21)30(4)5)16-6-8-18(25)9-7-16/h6-9,12-13,20H,10-11,14-15H2,1-5H3,(H,27,29)/t20-/m1/s1. The Morgan fingerprint density at radius 1 is 1.19 bits per heavy atom. The number of nitrogens with zero attached hydrogens (tertiary/aromatic N) is 5. The van der Waals surface area contributed by atoms with Crippen molar-refractivity contribution in [3.63, 3.8) is 0 Å². The van der Waals surface area contributed by atoms with E-state index in [2.05, 4.69) is 40.9 Å². The number of aromatic nitrogens is 4. The molecule has 1 aliphatic heterocycles. The van der Waals surface area contributed by atoms with E-state index in [4.69, 9.17) is 9.72 Å². The normalized spacial score (nSPS) is 17.5. The maximum atomic E-state index is 13.5.